The van der Waals surface area contributed by atoms with Gasteiger partial charge in [-0.05, 0) is 37.1 Å². The van der Waals surface area contributed by atoms with Crippen LogP contribution in [-0.4, -0.2) is 48.1 Å². The number of nitrogens with one attached hydrogen (secondary N) is 1. The maximum Gasteiger partial charge on any atom is 0.321 e. The van der Waals surface area contributed by atoms with Crippen molar-refractivity contribution in [2.45, 2.75) is 18.9 Å². The fourth-order valence-corrected chi connectivity index (χ4v) is 4.02. The summed E-state index contributed by atoms with van der Waals surface area (Å²) in [7, 11) is 0. The minimum Gasteiger partial charge on any atom is -0.323 e. The van der Waals surface area contributed by atoms with Crippen molar-refractivity contribution in [1.82, 2.24) is 9.80 Å². The molecule has 2 aliphatic heterocycles. The Bertz CT molecular complexity index is 704. The lowest BCUT2D eigenvalue weighted by atomic mass is 9.91. The van der Waals surface area contributed by atoms with Gasteiger partial charge in [-0.3, -0.25) is 4.90 Å². The number of aryl methyl sites for hydroxylation is 1. The fourth-order valence-electron chi connectivity index (χ4n) is 4.02. The molecular weight excluding hydrogens is 310 g/mol. The third-order valence-corrected chi connectivity index (χ3v) is 5.41. The van der Waals surface area contributed by atoms with Crippen LogP contribution in [0, 0.1) is 5.92 Å². The number of likely N-dealkylation sites (tertiary alicyclic amines) is 2. The molecule has 4 nitrogen and oxygen atoms in total. The predicted octanol–water partition coefficient (Wildman–Crippen LogP) is 3.47. The van der Waals surface area contributed by atoms with E-state index in [2.05, 4.69) is 40.5 Å². The molecule has 2 aromatic carbocycles. The standard InChI is InChI=1S/C21H25N3O/c25-21(22-19-11-5-2-6-12-19)24-15-18-14-23(20(18)16-24)13-7-10-17-8-3-1-4-9-17/h1-6,8-9,11-12,18,20H,7,10,13-16H2,(H,22,25). The van der Waals surface area contributed by atoms with Crippen molar-refractivity contribution in [1.29, 1.82) is 0 Å². The molecule has 2 aliphatic rings. The van der Waals surface area contributed by atoms with Crippen molar-refractivity contribution in [3.8, 4) is 0 Å². The maximum atomic E-state index is 12.4. The summed E-state index contributed by atoms with van der Waals surface area (Å²) in [4.78, 5) is 17.0. The molecule has 0 aromatic heterocycles. The summed E-state index contributed by atoms with van der Waals surface area (Å²) in [5, 5.41) is 3.00. The molecule has 2 saturated heterocycles. The number of amides is 2. The second-order valence-corrected chi connectivity index (χ2v) is 7.11. The molecule has 0 spiro atoms. The Labute approximate surface area is 149 Å². The number of hydrogen-bond donors (Lipinski definition) is 1. The van der Waals surface area contributed by atoms with Gasteiger partial charge >= 0.3 is 6.03 Å². The summed E-state index contributed by atoms with van der Waals surface area (Å²) >= 11 is 0. The monoisotopic (exact) mass is 335 g/mol. The molecular formula is C21H25N3O. The first-order valence-electron chi connectivity index (χ1n) is 9.18. The summed E-state index contributed by atoms with van der Waals surface area (Å²) in [5.74, 6) is 0.651. The molecule has 0 saturated carbocycles. The average molecular weight is 335 g/mol. The van der Waals surface area contributed by atoms with E-state index in [0.717, 1.165) is 38.3 Å². The van der Waals surface area contributed by atoms with Crippen molar-refractivity contribution < 1.29 is 4.79 Å². The molecule has 2 unspecified atom stereocenters. The zero-order chi connectivity index (χ0) is 17.1. The van der Waals surface area contributed by atoms with Gasteiger partial charge in [0.15, 0.2) is 0 Å². The SMILES string of the molecule is O=C(Nc1ccccc1)N1CC2CN(CCCc3ccccc3)C2C1. The molecule has 4 rings (SSSR count). The number of urea groups is 1. The Morgan fingerprint density at radius 1 is 0.960 bits per heavy atom. The van der Waals surface area contributed by atoms with Crippen molar-refractivity contribution in [3.05, 3.63) is 66.2 Å². The molecule has 2 aromatic rings. The third kappa shape index (κ3) is 3.69. The van der Waals surface area contributed by atoms with Crippen LogP contribution in [0.1, 0.15) is 12.0 Å². The maximum absolute atomic E-state index is 12.4. The molecule has 130 valence electrons. The second-order valence-electron chi connectivity index (χ2n) is 7.11. The Kier molecular flexibility index (Phi) is 4.70. The highest BCUT2D eigenvalue weighted by molar-refractivity contribution is 5.89. The van der Waals surface area contributed by atoms with E-state index in [0.29, 0.717) is 12.0 Å². The number of nitrogens with zero attached hydrogens (tertiary/aromatic N) is 2. The van der Waals surface area contributed by atoms with Gasteiger partial charge in [0.1, 0.15) is 0 Å². The fraction of sp³-hybridized carbons (Fsp3) is 0.381. The van der Waals surface area contributed by atoms with Gasteiger partial charge in [0.05, 0.1) is 0 Å². The first kappa shape index (κ1) is 16.2. The molecule has 2 heterocycles. The molecule has 25 heavy (non-hydrogen) atoms. The number of carbonyl (C=O) groups is 1. The van der Waals surface area contributed by atoms with E-state index in [1.54, 1.807) is 0 Å². The smallest absolute Gasteiger partial charge is 0.321 e. The minimum absolute atomic E-state index is 0.0323. The van der Waals surface area contributed by atoms with Crippen LogP contribution in [0.15, 0.2) is 60.7 Å². The number of para-hydroxylation sites is 1. The van der Waals surface area contributed by atoms with E-state index in [1.807, 2.05) is 35.2 Å². The van der Waals surface area contributed by atoms with Gasteiger partial charge in [-0.15, -0.1) is 0 Å². The summed E-state index contributed by atoms with van der Waals surface area (Å²) < 4.78 is 0. The highest BCUT2D eigenvalue weighted by Crippen LogP contribution is 2.32. The molecule has 2 atom stereocenters. The lowest BCUT2D eigenvalue weighted by molar-refractivity contribution is 0.0507. The Hall–Kier alpha value is -2.33. The summed E-state index contributed by atoms with van der Waals surface area (Å²) in [6.45, 7) is 4.01. The normalized spacial score (nSPS) is 22.3. The minimum atomic E-state index is 0.0323. The van der Waals surface area contributed by atoms with Crippen LogP contribution >= 0.6 is 0 Å². The van der Waals surface area contributed by atoms with Crippen molar-refractivity contribution in [3.63, 3.8) is 0 Å². The van der Waals surface area contributed by atoms with Gasteiger partial charge in [-0.2, -0.15) is 0 Å². The van der Waals surface area contributed by atoms with Gasteiger partial charge in [-0.25, -0.2) is 4.79 Å². The quantitative estimate of drug-likeness (QED) is 0.908. The van der Waals surface area contributed by atoms with Crippen LogP contribution in [0.2, 0.25) is 0 Å². The van der Waals surface area contributed by atoms with Crippen LogP contribution in [0.25, 0.3) is 0 Å². The van der Waals surface area contributed by atoms with E-state index in [4.69, 9.17) is 0 Å². The van der Waals surface area contributed by atoms with Gasteiger partial charge in [0.2, 0.25) is 0 Å². The molecule has 0 radical (unpaired) electrons. The van der Waals surface area contributed by atoms with Crippen LogP contribution in [0.3, 0.4) is 0 Å². The number of benzene rings is 2. The van der Waals surface area contributed by atoms with Gasteiger partial charge < -0.3 is 10.2 Å². The molecule has 0 bridgehead atoms. The van der Waals surface area contributed by atoms with Crippen LogP contribution in [-0.2, 0) is 6.42 Å². The highest BCUT2D eigenvalue weighted by atomic mass is 16.2. The van der Waals surface area contributed by atoms with Gasteiger partial charge in [0.25, 0.3) is 0 Å². The Balaban J connectivity index is 1.23. The number of hydrogen-bond acceptors (Lipinski definition) is 2. The van der Waals surface area contributed by atoms with E-state index >= 15 is 0 Å². The Morgan fingerprint density at radius 2 is 1.68 bits per heavy atom. The lowest BCUT2D eigenvalue weighted by Crippen LogP contribution is -2.55. The lowest BCUT2D eigenvalue weighted by Gasteiger charge is -2.43. The zero-order valence-corrected chi connectivity index (χ0v) is 14.5. The second kappa shape index (κ2) is 7.28. The predicted molar refractivity (Wildman–Crippen MR) is 101 cm³/mol. The van der Waals surface area contributed by atoms with Crippen molar-refractivity contribution in [2.24, 2.45) is 5.92 Å². The van der Waals surface area contributed by atoms with Crippen LogP contribution < -0.4 is 5.32 Å². The number of anilines is 1. The van der Waals surface area contributed by atoms with E-state index < -0.39 is 0 Å². The van der Waals surface area contributed by atoms with Crippen molar-refractivity contribution in [2.75, 3.05) is 31.5 Å². The van der Waals surface area contributed by atoms with E-state index in [9.17, 15) is 4.79 Å². The highest BCUT2D eigenvalue weighted by Gasteiger charge is 2.46. The first-order chi connectivity index (χ1) is 12.3. The molecule has 1 N–H and O–H groups in total. The van der Waals surface area contributed by atoms with E-state index in [-0.39, 0.29) is 6.03 Å². The number of carbonyl (C=O) groups excluding carboxylic acids is 1. The molecule has 2 amide bonds. The third-order valence-electron chi connectivity index (χ3n) is 5.41. The zero-order valence-electron chi connectivity index (χ0n) is 14.5. The Morgan fingerprint density at radius 3 is 2.44 bits per heavy atom. The first-order valence-corrected chi connectivity index (χ1v) is 9.18. The molecule has 0 aliphatic carbocycles. The largest absolute Gasteiger partial charge is 0.323 e. The average Bonchev–Trinajstić information content (AvgIpc) is 2.98. The van der Waals surface area contributed by atoms with Crippen LogP contribution in [0.4, 0.5) is 10.5 Å². The van der Waals surface area contributed by atoms with Crippen molar-refractivity contribution >= 4 is 11.7 Å². The van der Waals surface area contributed by atoms with E-state index in [1.165, 1.54) is 12.0 Å². The topological polar surface area (TPSA) is 35.6 Å². The van der Waals surface area contributed by atoms with Gasteiger partial charge in [0, 0.05) is 37.3 Å². The molecule has 2 fully saturated rings. The summed E-state index contributed by atoms with van der Waals surface area (Å²) in [5.41, 5.74) is 2.28. The number of fused-ring (bicyclic) bond motifs is 1. The number of rotatable bonds is 5. The summed E-state index contributed by atoms with van der Waals surface area (Å²) in [6.07, 6.45) is 2.32. The van der Waals surface area contributed by atoms with Gasteiger partial charge in [-0.1, -0.05) is 48.5 Å². The molecule has 4 heteroatoms. The van der Waals surface area contributed by atoms with Crippen LogP contribution in [0.5, 0.6) is 0 Å². The summed E-state index contributed by atoms with van der Waals surface area (Å²) in [6, 6.07) is 21.0.